The number of aromatic amines is 1. The smallest absolute Gasteiger partial charge is 0.253 e. The van der Waals surface area contributed by atoms with Crippen LogP contribution in [0.5, 0.6) is 0 Å². The van der Waals surface area contributed by atoms with E-state index in [1.54, 1.807) is 0 Å². The highest BCUT2D eigenvalue weighted by Crippen LogP contribution is 2.30. The number of para-hydroxylation sites is 1. The number of amides is 1. The molecule has 4 rings (SSSR count). The van der Waals surface area contributed by atoms with Crippen molar-refractivity contribution in [1.82, 2.24) is 20.1 Å². The van der Waals surface area contributed by atoms with Gasteiger partial charge in [0.15, 0.2) is 0 Å². The summed E-state index contributed by atoms with van der Waals surface area (Å²) >= 11 is 0. The van der Waals surface area contributed by atoms with E-state index >= 15 is 0 Å². The second kappa shape index (κ2) is 7.22. The number of carbonyl (C=O) groups is 1. The fourth-order valence-corrected chi connectivity index (χ4v) is 4.20. The average molecular weight is 364 g/mol. The fourth-order valence-electron chi connectivity index (χ4n) is 4.20. The SMILES string of the molecule is Cc1cc(C)n(CC(C)CNC(=O)c2cccc3c4c([nH]c23)CCCC4)n1. The predicted molar refractivity (Wildman–Crippen MR) is 108 cm³/mol. The minimum Gasteiger partial charge on any atom is -0.358 e. The maximum absolute atomic E-state index is 12.8. The van der Waals surface area contributed by atoms with E-state index in [0.717, 1.165) is 41.9 Å². The Bertz CT molecular complexity index is 982. The highest BCUT2D eigenvalue weighted by Gasteiger charge is 2.19. The monoisotopic (exact) mass is 364 g/mol. The molecule has 5 heteroatoms. The highest BCUT2D eigenvalue weighted by molar-refractivity contribution is 6.06. The third-order valence-corrected chi connectivity index (χ3v) is 5.58. The number of aromatic nitrogens is 3. The van der Waals surface area contributed by atoms with Gasteiger partial charge in [-0.3, -0.25) is 9.48 Å². The second-order valence-electron chi connectivity index (χ2n) is 7.94. The highest BCUT2D eigenvalue weighted by atomic mass is 16.1. The van der Waals surface area contributed by atoms with Gasteiger partial charge in [0.05, 0.1) is 16.8 Å². The van der Waals surface area contributed by atoms with Gasteiger partial charge in [0.25, 0.3) is 5.91 Å². The van der Waals surface area contributed by atoms with Gasteiger partial charge in [-0.1, -0.05) is 19.1 Å². The Morgan fingerprint density at radius 1 is 1.30 bits per heavy atom. The molecule has 1 atom stereocenters. The summed E-state index contributed by atoms with van der Waals surface area (Å²) in [5.74, 6) is 0.308. The van der Waals surface area contributed by atoms with Gasteiger partial charge in [-0.25, -0.2) is 0 Å². The molecule has 1 aliphatic carbocycles. The minimum atomic E-state index is -0.000542. The molecule has 2 heterocycles. The van der Waals surface area contributed by atoms with Crippen molar-refractivity contribution >= 4 is 16.8 Å². The molecule has 1 aromatic carbocycles. The minimum absolute atomic E-state index is 0.000542. The lowest BCUT2D eigenvalue weighted by molar-refractivity contribution is 0.0948. The summed E-state index contributed by atoms with van der Waals surface area (Å²) in [6.07, 6.45) is 4.66. The zero-order chi connectivity index (χ0) is 19.0. The van der Waals surface area contributed by atoms with E-state index in [1.165, 1.54) is 29.5 Å². The van der Waals surface area contributed by atoms with E-state index in [-0.39, 0.29) is 5.91 Å². The van der Waals surface area contributed by atoms with Gasteiger partial charge >= 0.3 is 0 Å². The Hall–Kier alpha value is -2.56. The molecular formula is C22H28N4O. The van der Waals surface area contributed by atoms with Gasteiger partial charge in [0.1, 0.15) is 0 Å². The molecule has 0 radical (unpaired) electrons. The summed E-state index contributed by atoms with van der Waals surface area (Å²) in [5, 5.41) is 8.85. The van der Waals surface area contributed by atoms with Crippen LogP contribution in [0.15, 0.2) is 24.3 Å². The number of hydrogen-bond acceptors (Lipinski definition) is 2. The zero-order valence-corrected chi connectivity index (χ0v) is 16.4. The van der Waals surface area contributed by atoms with E-state index in [4.69, 9.17) is 0 Å². The third kappa shape index (κ3) is 3.51. The van der Waals surface area contributed by atoms with Crippen LogP contribution in [0.1, 0.15) is 52.8 Å². The maximum atomic E-state index is 12.8. The molecule has 142 valence electrons. The molecule has 1 unspecified atom stereocenters. The number of nitrogens with zero attached hydrogens (tertiary/aromatic N) is 2. The lowest BCUT2D eigenvalue weighted by Gasteiger charge is -2.14. The fraction of sp³-hybridized carbons (Fsp3) is 0.455. The molecule has 0 spiro atoms. The predicted octanol–water partition coefficient (Wildman–Crippen LogP) is 3.93. The molecule has 3 aromatic rings. The number of aryl methyl sites for hydroxylation is 4. The molecule has 2 N–H and O–H groups in total. The second-order valence-corrected chi connectivity index (χ2v) is 7.94. The van der Waals surface area contributed by atoms with Gasteiger partial charge < -0.3 is 10.3 Å². The summed E-state index contributed by atoms with van der Waals surface area (Å²) in [7, 11) is 0. The van der Waals surface area contributed by atoms with Crippen molar-refractivity contribution in [2.24, 2.45) is 5.92 Å². The van der Waals surface area contributed by atoms with Crippen LogP contribution in [0.2, 0.25) is 0 Å². The van der Waals surface area contributed by atoms with Crippen molar-refractivity contribution in [1.29, 1.82) is 0 Å². The van der Waals surface area contributed by atoms with Crippen LogP contribution in [0.25, 0.3) is 10.9 Å². The van der Waals surface area contributed by atoms with E-state index in [9.17, 15) is 4.79 Å². The molecule has 0 aliphatic heterocycles. The van der Waals surface area contributed by atoms with Crippen LogP contribution in [0, 0.1) is 19.8 Å². The first-order valence-electron chi connectivity index (χ1n) is 9.94. The number of benzene rings is 1. The van der Waals surface area contributed by atoms with E-state index in [1.807, 2.05) is 23.7 Å². The lowest BCUT2D eigenvalue weighted by Crippen LogP contribution is -2.30. The van der Waals surface area contributed by atoms with E-state index in [2.05, 4.69) is 41.4 Å². The Balaban J connectivity index is 1.47. The molecule has 27 heavy (non-hydrogen) atoms. The number of carbonyl (C=O) groups excluding carboxylic acids is 1. The van der Waals surface area contributed by atoms with Gasteiger partial charge in [-0.2, -0.15) is 5.10 Å². The van der Waals surface area contributed by atoms with Crippen molar-refractivity contribution in [3.8, 4) is 0 Å². The number of rotatable bonds is 5. The van der Waals surface area contributed by atoms with Crippen LogP contribution in [0.3, 0.4) is 0 Å². The summed E-state index contributed by atoms with van der Waals surface area (Å²) in [4.78, 5) is 16.4. The number of nitrogens with one attached hydrogen (secondary N) is 2. The first-order valence-corrected chi connectivity index (χ1v) is 9.94. The number of fused-ring (bicyclic) bond motifs is 3. The molecular weight excluding hydrogens is 336 g/mol. The number of hydrogen-bond donors (Lipinski definition) is 2. The van der Waals surface area contributed by atoms with Crippen molar-refractivity contribution in [3.05, 3.63) is 52.5 Å². The average Bonchev–Trinajstić information content (AvgIpc) is 3.18. The Morgan fingerprint density at radius 2 is 2.11 bits per heavy atom. The van der Waals surface area contributed by atoms with Crippen LogP contribution < -0.4 is 5.32 Å². The summed E-state index contributed by atoms with van der Waals surface area (Å²) in [5.41, 5.74) is 6.66. The van der Waals surface area contributed by atoms with Crippen molar-refractivity contribution < 1.29 is 4.79 Å². The maximum Gasteiger partial charge on any atom is 0.253 e. The largest absolute Gasteiger partial charge is 0.358 e. The van der Waals surface area contributed by atoms with Crippen LogP contribution in [-0.2, 0) is 19.4 Å². The standard InChI is InChI=1S/C22H28N4O/c1-14(13-26-16(3)11-15(2)25-26)12-23-22(27)19-9-6-8-18-17-7-4-5-10-20(17)24-21(18)19/h6,8-9,11,14,24H,4-5,7,10,12-13H2,1-3H3,(H,23,27). The van der Waals surface area contributed by atoms with Gasteiger partial charge in [0, 0.05) is 29.9 Å². The molecule has 1 amide bonds. The summed E-state index contributed by atoms with van der Waals surface area (Å²) < 4.78 is 2.02. The summed E-state index contributed by atoms with van der Waals surface area (Å²) in [6.45, 7) is 7.66. The van der Waals surface area contributed by atoms with Crippen LogP contribution in [-0.4, -0.2) is 27.2 Å². The topological polar surface area (TPSA) is 62.7 Å². The molecule has 0 saturated heterocycles. The molecule has 2 aromatic heterocycles. The molecule has 1 aliphatic rings. The molecule has 5 nitrogen and oxygen atoms in total. The van der Waals surface area contributed by atoms with Crippen molar-refractivity contribution in [2.45, 2.75) is 53.0 Å². The van der Waals surface area contributed by atoms with Gasteiger partial charge in [-0.15, -0.1) is 0 Å². The zero-order valence-electron chi connectivity index (χ0n) is 16.4. The van der Waals surface area contributed by atoms with Crippen LogP contribution >= 0.6 is 0 Å². The Kier molecular flexibility index (Phi) is 4.77. The Labute approximate surface area is 160 Å². The first-order chi connectivity index (χ1) is 13.0. The van der Waals surface area contributed by atoms with Crippen molar-refractivity contribution in [3.63, 3.8) is 0 Å². The van der Waals surface area contributed by atoms with Crippen LogP contribution in [0.4, 0.5) is 0 Å². The van der Waals surface area contributed by atoms with Crippen molar-refractivity contribution in [2.75, 3.05) is 6.54 Å². The van der Waals surface area contributed by atoms with Gasteiger partial charge in [-0.05, 0) is 63.1 Å². The molecule has 0 saturated carbocycles. The van der Waals surface area contributed by atoms with Gasteiger partial charge in [0.2, 0.25) is 0 Å². The number of H-pyrrole nitrogens is 1. The Morgan fingerprint density at radius 3 is 2.89 bits per heavy atom. The lowest BCUT2D eigenvalue weighted by atomic mass is 9.95. The quantitative estimate of drug-likeness (QED) is 0.721. The molecule has 0 fully saturated rings. The summed E-state index contributed by atoms with van der Waals surface area (Å²) in [6, 6.07) is 8.14. The van der Waals surface area contributed by atoms with E-state index in [0.29, 0.717) is 12.5 Å². The normalized spacial score (nSPS) is 14.9. The molecule has 0 bridgehead atoms. The van der Waals surface area contributed by atoms with E-state index < -0.39 is 0 Å². The first kappa shape index (κ1) is 17.8. The third-order valence-electron chi connectivity index (χ3n) is 5.58.